The maximum atomic E-state index is 5.53. The molecule has 2 heterocycles. The van der Waals surface area contributed by atoms with Gasteiger partial charge in [-0.15, -0.1) is 0 Å². The van der Waals surface area contributed by atoms with Gasteiger partial charge in [-0.25, -0.2) is 0 Å². The van der Waals surface area contributed by atoms with E-state index in [0.717, 1.165) is 46.2 Å². The maximum Gasteiger partial charge on any atom is 0.108 e. The van der Waals surface area contributed by atoms with Crippen LogP contribution in [0.5, 0.6) is 0 Å². The van der Waals surface area contributed by atoms with Gasteiger partial charge >= 0.3 is 0 Å². The Balaban J connectivity index is 1.50. The van der Waals surface area contributed by atoms with E-state index in [9.17, 15) is 0 Å². The molecule has 0 bridgehead atoms. The first-order valence-corrected chi connectivity index (χ1v) is 9.88. The van der Waals surface area contributed by atoms with Crippen LogP contribution in [0.15, 0.2) is 79.0 Å². The van der Waals surface area contributed by atoms with Crippen molar-refractivity contribution in [3.05, 3.63) is 90.1 Å². The van der Waals surface area contributed by atoms with Crippen molar-refractivity contribution in [3.8, 4) is 22.5 Å². The molecule has 4 aromatic rings. The molecular formula is C25H25N3O. The third-order valence-corrected chi connectivity index (χ3v) is 4.89. The van der Waals surface area contributed by atoms with Crippen LogP contribution in [-0.4, -0.2) is 16.6 Å². The molecule has 4 rings (SSSR count). The number of nitrogens with one attached hydrogen (secondary N) is 2. The Labute approximate surface area is 171 Å². The Hall–Kier alpha value is -3.37. The number of aromatic nitrogens is 2. The van der Waals surface area contributed by atoms with Crippen molar-refractivity contribution >= 4 is 11.5 Å². The van der Waals surface area contributed by atoms with E-state index in [4.69, 9.17) is 4.74 Å². The Morgan fingerprint density at radius 3 is 2.52 bits per heavy atom. The Bertz CT molecular complexity index is 1070. The molecule has 0 saturated heterocycles. The average molecular weight is 383 g/mol. The number of aryl methyl sites for hydroxylation is 1. The molecule has 29 heavy (non-hydrogen) atoms. The first-order valence-electron chi connectivity index (χ1n) is 9.88. The summed E-state index contributed by atoms with van der Waals surface area (Å²) in [5.41, 5.74) is 7.75. The molecule has 0 radical (unpaired) electrons. The van der Waals surface area contributed by atoms with Crippen LogP contribution < -0.4 is 5.32 Å². The smallest absolute Gasteiger partial charge is 0.108 e. The monoisotopic (exact) mass is 383 g/mol. The Kier molecular flexibility index (Phi) is 5.73. The zero-order valence-electron chi connectivity index (χ0n) is 16.8. The second kappa shape index (κ2) is 8.76. The summed E-state index contributed by atoms with van der Waals surface area (Å²) in [6.07, 6.45) is 1.82. The zero-order valence-corrected chi connectivity index (χ0v) is 16.8. The lowest BCUT2D eigenvalue weighted by Crippen LogP contribution is -1.97. The third kappa shape index (κ3) is 4.55. The van der Waals surface area contributed by atoms with Crippen molar-refractivity contribution in [2.75, 3.05) is 11.9 Å². The second-order valence-electron chi connectivity index (χ2n) is 6.99. The van der Waals surface area contributed by atoms with Crippen molar-refractivity contribution in [3.63, 3.8) is 0 Å². The summed E-state index contributed by atoms with van der Waals surface area (Å²) in [5.74, 6) is 0.963. The highest BCUT2D eigenvalue weighted by atomic mass is 16.5. The summed E-state index contributed by atoms with van der Waals surface area (Å²) in [5, 5.41) is 3.50. The summed E-state index contributed by atoms with van der Waals surface area (Å²) in [4.78, 5) is 7.88. The minimum atomic E-state index is 0.629. The standard InChI is InChI=1S/C25H25N3O/c1-3-29-17-19-8-7-18(2)24(16-19)28-25-14-13-23(27-25)21-11-9-20(10-12-21)22-6-4-5-15-26-22/h4-16,27-28H,3,17H2,1-2H3. The molecule has 2 N–H and O–H groups in total. The molecule has 0 aliphatic carbocycles. The highest BCUT2D eigenvalue weighted by molar-refractivity contribution is 5.70. The molecule has 0 aliphatic heterocycles. The number of pyridine rings is 1. The fraction of sp³-hybridized carbons (Fsp3) is 0.160. The molecule has 0 atom stereocenters. The molecule has 4 heteroatoms. The normalized spacial score (nSPS) is 10.8. The van der Waals surface area contributed by atoms with Crippen molar-refractivity contribution < 1.29 is 4.74 Å². The van der Waals surface area contributed by atoms with E-state index in [-0.39, 0.29) is 0 Å². The molecule has 4 nitrogen and oxygen atoms in total. The summed E-state index contributed by atoms with van der Waals surface area (Å²) < 4.78 is 5.53. The van der Waals surface area contributed by atoms with Gasteiger partial charge in [-0.05, 0) is 60.9 Å². The first kappa shape index (κ1) is 19.0. The second-order valence-corrected chi connectivity index (χ2v) is 6.99. The van der Waals surface area contributed by atoms with Gasteiger partial charge in [0, 0.05) is 29.7 Å². The van der Waals surface area contributed by atoms with E-state index in [1.54, 1.807) is 0 Å². The van der Waals surface area contributed by atoms with E-state index in [1.807, 2.05) is 31.3 Å². The molecule has 0 aliphatic rings. The van der Waals surface area contributed by atoms with Gasteiger partial charge in [0.05, 0.1) is 12.3 Å². The number of hydrogen-bond acceptors (Lipinski definition) is 3. The number of nitrogens with zero attached hydrogens (tertiary/aromatic N) is 1. The Morgan fingerprint density at radius 2 is 1.76 bits per heavy atom. The number of anilines is 2. The predicted octanol–water partition coefficient (Wildman–Crippen LogP) is 6.33. The van der Waals surface area contributed by atoms with Crippen LogP contribution in [0.25, 0.3) is 22.5 Å². The average Bonchev–Trinajstić information content (AvgIpc) is 3.23. The number of hydrogen-bond donors (Lipinski definition) is 2. The summed E-state index contributed by atoms with van der Waals surface area (Å²) in [6, 6.07) is 24.9. The highest BCUT2D eigenvalue weighted by Crippen LogP contribution is 2.27. The number of aromatic amines is 1. The first-order chi connectivity index (χ1) is 14.2. The molecule has 0 unspecified atom stereocenters. The van der Waals surface area contributed by atoms with Gasteiger partial charge in [0.2, 0.25) is 0 Å². The van der Waals surface area contributed by atoms with Crippen LogP contribution in [0.3, 0.4) is 0 Å². The van der Waals surface area contributed by atoms with Gasteiger partial charge in [0.15, 0.2) is 0 Å². The van der Waals surface area contributed by atoms with E-state index in [2.05, 4.69) is 76.8 Å². The molecule has 0 fully saturated rings. The predicted molar refractivity (Wildman–Crippen MR) is 119 cm³/mol. The van der Waals surface area contributed by atoms with Crippen LogP contribution in [0.4, 0.5) is 11.5 Å². The van der Waals surface area contributed by atoms with Crippen LogP contribution in [-0.2, 0) is 11.3 Å². The van der Waals surface area contributed by atoms with Gasteiger partial charge in [-0.1, -0.05) is 42.5 Å². The Morgan fingerprint density at radius 1 is 0.931 bits per heavy atom. The van der Waals surface area contributed by atoms with Crippen LogP contribution in [0.2, 0.25) is 0 Å². The number of rotatable bonds is 7. The van der Waals surface area contributed by atoms with Gasteiger partial charge in [-0.3, -0.25) is 4.98 Å². The molecule has 0 saturated carbocycles. The van der Waals surface area contributed by atoms with Crippen molar-refractivity contribution in [2.24, 2.45) is 0 Å². The molecule has 2 aromatic carbocycles. The zero-order chi connectivity index (χ0) is 20.1. The van der Waals surface area contributed by atoms with Crippen molar-refractivity contribution in [1.82, 2.24) is 9.97 Å². The number of ether oxygens (including phenoxy) is 1. The van der Waals surface area contributed by atoms with E-state index in [0.29, 0.717) is 6.61 Å². The van der Waals surface area contributed by atoms with Crippen LogP contribution in [0, 0.1) is 6.92 Å². The molecule has 146 valence electrons. The molecule has 2 aromatic heterocycles. The fourth-order valence-electron chi connectivity index (χ4n) is 3.25. The van der Waals surface area contributed by atoms with E-state index >= 15 is 0 Å². The summed E-state index contributed by atoms with van der Waals surface area (Å²) in [6.45, 7) is 5.46. The largest absolute Gasteiger partial charge is 0.377 e. The van der Waals surface area contributed by atoms with Gasteiger partial charge in [0.1, 0.15) is 5.82 Å². The lowest BCUT2D eigenvalue weighted by molar-refractivity contribution is 0.134. The van der Waals surface area contributed by atoms with Crippen LogP contribution >= 0.6 is 0 Å². The lowest BCUT2D eigenvalue weighted by atomic mass is 10.1. The quantitative estimate of drug-likeness (QED) is 0.392. The number of benzene rings is 2. The maximum absolute atomic E-state index is 5.53. The van der Waals surface area contributed by atoms with E-state index in [1.165, 1.54) is 5.56 Å². The van der Waals surface area contributed by atoms with Gasteiger partial charge in [0.25, 0.3) is 0 Å². The molecule has 0 amide bonds. The third-order valence-electron chi connectivity index (χ3n) is 4.89. The lowest BCUT2D eigenvalue weighted by Gasteiger charge is -2.11. The minimum Gasteiger partial charge on any atom is -0.377 e. The van der Waals surface area contributed by atoms with Gasteiger partial charge in [-0.2, -0.15) is 0 Å². The fourth-order valence-corrected chi connectivity index (χ4v) is 3.25. The highest BCUT2D eigenvalue weighted by Gasteiger charge is 2.06. The van der Waals surface area contributed by atoms with Crippen molar-refractivity contribution in [1.29, 1.82) is 0 Å². The topological polar surface area (TPSA) is 49.9 Å². The molecule has 0 spiro atoms. The number of H-pyrrole nitrogens is 1. The summed E-state index contributed by atoms with van der Waals surface area (Å²) >= 11 is 0. The van der Waals surface area contributed by atoms with Crippen molar-refractivity contribution in [2.45, 2.75) is 20.5 Å². The minimum absolute atomic E-state index is 0.629. The molecular weight excluding hydrogens is 358 g/mol. The summed E-state index contributed by atoms with van der Waals surface area (Å²) in [7, 11) is 0. The van der Waals surface area contributed by atoms with Gasteiger partial charge < -0.3 is 15.0 Å². The van der Waals surface area contributed by atoms with Crippen LogP contribution in [0.1, 0.15) is 18.1 Å². The SMILES string of the molecule is CCOCc1ccc(C)c(Nc2ccc(-c3ccc(-c4ccccn4)cc3)[nH]2)c1. The van der Waals surface area contributed by atoms with E-state index < -0.39 is 0 Å².